The molecule has 0 aliphatic carbocycles. The fraction of sp³-hybridized carbons (Fsp3) is 0.286. The van der Waals surface area contributed by atoms with Gasteiger partial charge in [0.15, 0.2) is 0 Å². The lowest BCUT2D eigenvalue weighted by molar-refractivity contribution is -0.139. The van der Waals surface area contributed by atoms with Crippen LogP contribution < -0.4 is 9.62 Å². The van der Waals surface area contributed by atoms with Crippen LogP contribution in [0.3, 0.4) is 0 Å². The second-order valence-electron chi connectivity index (χ2n) is 9.03. The van der Waals surface area contributed by atoms with Crippen molar-refractivity contribution in [2.24, 2.45) is 0 Å². The van der Waals surface area contributed by atoms with Crippen LogP contribution in [0.5, 0.6) is 0 Å². The summed E-state index contributed by atoms with van der Waals surface area (Å²) in [7, 11) is -4.30. The van der Waals surface area contributed by atoms with Gasteiger partial charge in [-0.25, -0.2) is 12.8 Å². The fourth-order valence-electron chi connectivity index (χ4n) is 3.77. The van der Waals surface area contributed by atoms with E-state index in [0.29, 0.717) is 6.42 Å². The molecule has 0 spiro atoms. The molecular formula is C28H30Cl2FN3O4S. The van der Waals surface area contributed by atoms with Gasteiger partial charge in [0.05, 0.1) is 15.6 Å². The number of anilines is 1. The number of sulfonamides is 1. The van der Waals surface area contributed by atoms with E-state index in [-0.39, 0.29) is 38.8 Å². The molecule has 3 aromatic carbocycles. The Balaban J connectivity index is 2.07. The number of hydrogen-bond donors (Lipinski definition) is 1. The second kappa shape index (κ2) is 13.3. The number of amides is 2. The van der Waals surface area contributed by atoms with Crippen molar-refractivity contribution in [2.75, 3.05) is 10.8 Å². The van der Waals surface area contributed by atoms with E-state index >= 15 is 0 Å². The molecule has 0 aliphatic rings. The van der Waals surface area contributed by atoms with Crippen LogP contribution in [0, 0.1) is 5.82 Å². The molecule has 0 saturated heterocycles. The minimum absolute atomic E-state index is 0.0103. The van der Waals surface area contributed by atoms with Gasteiger partial charge in [-0.05, 0) is 56.7 Å². The Labute approximate surface area is 238 Å². The van der Waals surface area contributed by atoms with Gasteiger partial charge in [0, 0.05) is 23.2 Å². The Kier molecular flexibility index (Phi) is 10.4. The van der Waals surface area contributed by atoms with Crippen LogP contribution in [0.2, 0.25) is 10.0 Å². The Hall–Kier alpha value is -3.14. The van der Waals surface area contributed by atoms with E-state index in [1.54, 1.807) is 24.3 Å². The van der Waals surface area contributed by atoms with Crippen LogP contribution in [0.4, 0.5) is 10.1 Å². The first-order valence-corrected chi connectivity index (χ1v) is 14.5. The van der Waals surface area contributed by atoms with Crippen LogP contribution in [-0.4, -0.2) is 43.8 Å². The smallest absolute Gasteiger partial charge is 0.264 e. The second-order valence-corrected chi connectivity index (χ2v) is 11.7. The molecule has 2 amide bonds. The van der Waals surface area contributed by atoms with Crippen molar-refractivity contribution in [3.63, 3.8) is 0 Å². The Morgan fingerprint density at radius 1 is 0.974 bits per heavy atom. The molecule has 2 unspecified atom stereocenters. The molecule has 0 aliphatic heterocycles. The van der Waals surface area contributed by atoms with E-state index < -0.39 is 40.2 Å². The summed E-state index contributed by atoms with van der Waals surface area (Å²) in [6, 6.07) is 16.5. The van der Waals surface area contributed by atoms with Gasteiger partial charge in [-0.3, -0.25) is 13.9 Å². The summed E-state index contributed by atoms with van der Waals surface area (Å²) < 4.78 is 43.0. The van der Waals surface area contributed by atoms with E-state index in [9.17, 15) is 22.4 Å². The lowest BCUT2D eigenvalue weighted by atomic mass is 10.1. The number of hydrogen-bond acceptors (Lipinski definition) is 4. The van der Waals surface area contributed by atoms with Gasteiger partial charge in [0.25, 0.3) is 10.0 Å². The summed E-state index contributed by atoms with van der Waals surface area (Å²) in [5, 5.41) is 3.08. The van der Waals surface area contributed by atoms with Gasteiger partial charge >= 0.3 is 0 Å². The fourth-order valence-corrected chi connectivity index (χ4v) is 5.65. The molecule has 11 heteroatoms. The molecule has 1 N–H and O–H groups in total. The third-order valence-corrected chi connectivity index (χ3v) is 8.58. The molecule has 0 aromatic heterocycles. The van der Waals surface area contributed by atoms with Gasteiger partial charge in [-0.2, -0.15) is 0 Å². The highest BCUT2D eigenvalue weighted by Crippen LogP contribution is 2.33. The molecule has 39 heavy (non-hydrogen) atoms. The number of halogens is 3. The monoisotopic (exact) mass is 593 g/mol. The van der Waals surface area contributed by atoms with Crippen molar-refractivity contribution in [1.82, 2.24) is 10.2 Å². The maximum Gasteiger partial charge on any atom is 0.264 e. The molecule has 0 radical (unpaired) electrons. The molecule has 0 bridgehead atoms. The summed E-state index contributed by atoms with van der Waals surface area (Å²) in [5.74, 6) is -1.75. The number of benzene rings is 3. The number of nitrogens with zero attached hydrogens (tertiary/aromatic N) is 2. The average molecular weight is 595 g/mol. The predicted molar refractivity (Wildman–Crippen MR) is 152 cm³/mol. The van der Waals surface area contributed by atoms with Crippen molar-refractivity contribution >= 4 is 50.7 Å². The zero-order chi connectivity index (χ0) is 28.7. The largest absolute Gasteiger partial charge is 0.352 e. The lowest BCUT2D eigenvalue weighted by Gasteiger charge is -2.32. The van der Waals surface area contributed by atoms with E-state index in [1.807, 2.05) is 13.8 Å². The molecule has 7 nitrogen and oxygen atoms in total. The number of carbonyl (C=O) groups excluding carboxylic acids is 2. The maximum atomic E-state index is 14.6. The Bertz CT molecular complexity index is 1420. The van der Waals surface area contributed by atoms with Crippen molar-refractivity contribution in [3.05, 3.63) is 94.2 Å². The van der Waals surface area contributed by atoms with Crippen molar-refractivity contribution < 1.29 is 22.4 Å². The minimum Gasteiger partial charge on any atom is -0.352 e. The van der Waals surface area contributed by atoms with Crippen LogP contribution in [0.15, 0.2) is 77.7 Å². The summed E-state index contributed by atoms with van der Waals surface area (Å²) in [6.07, 6.45) is 0.663. The summed E-state index contributed by atoms with van der Waals surface area (Å²) >= 11 is 12.5. The lowest BCUT2D eigenvalue weighted by Crippen LogP contribution is -2.52. The number of carbonyl (C=O) groups is 2. The van der Waals surface area contributed by atoms with Crippen molar-refractivity contribution in [2.45, 2.75) is 50.7 Å². The van der Waals surface area contributed by atoms with Gasteiger partial charge < -0.3 is 10.2 Å². The normalized spacial score (nSPS) is 12.9. The zero-order valence-electron chi connectivity index (χ0n) is 21.8. The van der Waals surface area contributed by atoms with E-state index in [2.05, 4.69) is 5.32 Å². The first-order valence-electron chi connectivity index (χ1n) is 12.3. The van der Waals surface area contributed by atoms with E-state index in [4.69, 9.17) is 23.2 Å². The third kappa shape index (κ3) is 7.50. The quantitative estimate of drug-likeness (QED) is 0.311. The molecule has 0 saturated carbocycles. The summed E-state index contributed by atoms with van der Waals surface area (Å²) in [4.78, 5) is 28.0. The van der Waals surface area contributed by atoms with Gasteiger partial charge in [-0.1, -0.05) is 66.5 Å². The summed E-state index contributed by atoms with van der Waals surface area (Å²) in [6.45, 7) is 4.26. The number of rotatable bonds is 11. The first kappa shape index (κ1) is 30.4. The Morgan fingerprint density at radius 3 is 2.26 bits per heavy atom. The highest BCUT2D eigenvalue weighted by Gasteiger charge is 2.34. The van der Waals surface area contributed by atoms with Gasteiger partial charge in [-0.15, -0.1) is 0 Å². The molecule has 0 fully saturated rings. The highest BCUT2D eigenvalue weighted by atomic mass is 35.5. The van der Waals surface area contributed by atoms with Gasteiger partial charge in [0.1, 0.15) is 18.4 Å². The van der Waals surface area contributed by atoms with Gasteiger partial charge in [0.2, 0.25) is 11.8 Å². The van der Waals surface area contributed by atoms with Crippen molar-refractivity contribution in [3.8, 4) is 0 Å². The zero-order valence-corrected chi connectivity index (χ0v) is 24.1. The van der Waals surface area contributed by atoms with Crippen LogP contribution in [0.25, 0.3) is 0 Å². The average Bonchev–Trinajstić information content (AvgIpc) is 2.92. The Morgan fingerprint density at radius 2 is 1.62 bits per heavy atom. The van der Waals surface area contributed by atoms with Crippen molar-refractivity contribution in [1.29, 1.82) is 0 Å². The van der Waals surface area contributed by atoms with E-state index in [0.717, 1.165) is 9.21 Å². The predicted octanol–water partition coefficient (Wildman–Crippen LogP) is 5.66. The van der Waals surface area contributed by atoms with Crippen LogP contribution >= 0.6 is 23.2 Å². The maximum absolute atomic E-state index is 14.6. The molecule has 0 heterocycles. The number of nitrogens with one attached hydrogen (secondary N) is 1. The van der Waals surface area contributed by atoms with E-state index in [1.165, 1.54) is 55.5 Å². The minimum atomic E-state index is -4.30. The molecule has 2 atom stereocenters. The molecule has 208 valence electrons. The topological polar surface area (TPSA) is 86.8 Å². The molecule has 3 rings (SSSR count). The van der Waals surface area contributed by atoms with Crippen LogP contribution in [0.1, 0.15) is 32.8 Å². The first-order chi connectivity index (χ1) is 18.4. The SMILES string of the molecule is CCC(C)NC(=O)C(C)N(Cc1ccccc1F)C(=O)CN(c1cc(Cl)ccc1Cl)S(=O)(=O)c1ccccc1. The third-order valence-electron chi connectivity index (χ3n) is 6.25. The van der Waals surface area contributed by atoms with Crippen LogP contribution in [-0.2, 0) is 26.2 Å². The molecular weight excluding hydrogens is 564 g/mol. The standard InChI is InChI=1S/C28H30Cl2FN3O4S/c1-4-19(2)32-28(36)20(3)33(17-21-10-8-9-13-25(21)31)27(35)18-34(26-16-22(29)14-15-24(26)30)39(37,38)23-11-6-5-7-12-23/h5-16,19-20H,4,17-18H2,1-3H3,(H,32,36). The highest BCUT2D eigenvalue weighted by molar-refractivity contribution is 7.92. The molecule has 3 aromatic rings. The summed E-state index contributed by atoms with van der Waals surface area (Å²) in [5.41, 5.74) is 0.163.